The summed E-state index contributed by atoms with van der Waals surface area (Å²) in [4.78, 5) is 23.4. The molecule has 6 nitrogen and oxygen atoms in total. The molecule has 1 aromatic carbocycles. The van der Waals surface area contributed by atoms with Gasteiger partial charge in [0, 0.05) is 43.8 Å². The minimum Gasteiger partial charge on any atom is -0.480 e. The molecular formula is C17H22N2O4. The molecule has 2 rings (SSSR count). The number of ether oxygens (including phenoxy) is 1. The van der Waals surface area contributed by atoms with Crippen molar-refractivity contribution >= 4 is 22.8 Å². The summed E-state index contributed by atoms with van der Waals surface area (Å²) in [6, 6.07) is 6.95. The number of carboxylic acid groups (broad SMARTS) is 1. The van der Waals surface area contributed by atoms with Crippen LogP contribution in [0, 0.1) is 0 Å². The standard InChI is InChI=1S/C17H22N2O4/c1-3-19-11-12(13-6-4-5-7-15(13)19)10-16(20)18-14(17(21)22)8-9-23-2/h4-7,11,14H,3,8-10H2,1-2H3,(H,18,20)(H,21,22). The topological polar surface area (TPSA) is 80.6 Å². The Kier molecular flexibility index (Phi) is 5.76. The van der Waals surface area contributed by atoms with Gasteiger partial charge >= 0.3 is 5.97 Å². The maximum atomic E-state index is 12.2. The van der Waals surface area contributed by atoms with Crippen LogP contribution in [-0.2, 0) is 27.3 Å². The maximum absolute atomic E-state index is 12.2. The van der Waals surface area contributed by atoms with Crippen molar-refractivity contribution in [3.8, 4) is 0 Å². The predicted molar refractivity (Wildman–Crippen MR) is 87.4 cm³/mol. The Balaban J connectivity index is 2.12. The van der Waals surface area contributed by atoms with E-state index in [0.29, 0.717) is 0 Å². The van der Waals surface area contributed by atoms with E-state index < -0.39 is 12.0 Å². The van der Waals surface area contributed by atoms with Crippen molar-refractivity contribution in [3.63, 3.8) is 0 Å². The van der Waals surface area contributed by atoms with E-state index in [1.165, 1.54) is 7.11 Å². The van der Waals surface area contributed by atoms with Gasteiger partial charge in [0.1, 0.15) is 6.04 Å². The van der Waals surface area contributed by atoms with Crippen molar-refractivity contribution in [2.75, 3.05) is 13.7 Å². The lowest BCUT2D eigenvalue weighted by Gasteiger charge is -2.13. The Bertz CT molecular complexity index is 693. The van der Waals surface area contributed by atoms with Crippen LogP contribution in [0.15, 0.2) is 30.5 Å². The number of carbonyl (C=O) groups is 2. The number of carboxylic acids is 1. The van der Waals surface area contributed by atoms with Gasteiger partial charge in [-0.15, -0.1) is 0 Å². The van der Waals surface area contributed by atoms with E-state index >= 15 is 0 Å². The fourth-order valence-electron chi connectivity index (χ4n) is 2.64. The van der Waals surface area contributed by atoms with Crippen LogP contribution in [0.1, 0.15) is 18.9 Å². The number of methoxy groups -OCH3 is 1. The molecular weight excluding hydrogens is 296 g/mol. The van der Waals surface area contributed by atoms with Crippen molar-refractivity contribution in [1.29, 1.82) is 0 Å². The first-order chi connectivity index (χ1) is 11.1. The van der Waals surface area contributed by atoms with Gasteiger partial charge in [-0.25, -0.2) is 4.79 Å². The molecule has 0 saturated heterocycles. The average Bonchev–Trinajstić information content (AvgIpc) is 2.89. The van der Waals surface area contributed by atoms with Crippen molar-refractivity contribution in [1.82, 2.24) is 9.88 Å². The Hall–Kier alpha value is -2.34. The number of aromatic nitrogens is 1. The molecule has 0 spiro atoms. The number of aliphatic carboxylic acids is 1. The minimum absolute atomic E-state index is 0.157. The third-order valence-electron chi connectivity index (χ3n) is 3.81. The normalized spacial score (nSPS) is 12.3. The van der Waals surface area contributed by atoms with E-state index in [0.717, 1.165) is 23.0 Å². The highest BCUT2D eigenvalue weighted by Crippen LogP contribution is 2.21. The summed E-state index contributed by atoms with van der Waals surface area (Å²) in [5.41, 5.74) is 1.97. The van der Waals surface area contributed by atoms with Gasteiger partial charge in [-0.2, -0.15) is 0 Å². The van der Waals surface area contributed by atoms with Crippen LogP contribution in [0.25, 0.3) is 10.9 Å². The molecule has 1 heterocycles. The zero-order chi connectivity index (χ0) is 16.8. The lowest BCUT2D eigenvalue weighted by atomic mass is 10.1. The summed E-state index contributed by atoms with van der Waals surface area (Å²) in [7, 11) is 1.50. The highest BCUT2D eigenvalue weighted by molar-refractivity contribution is 5.91. The van der Waals surface area contributed by atoms with Gasteiger partial charge in [-0.05, 0) is 18.6 Å². The van der Waals surface area contributed by atoms with Crippen LogP contribution in [0.2, 0.25) is 0 Å². The number of aryl methyl sites for hydroxylation is 1. The van der Waals surface area contributed by atoms with Crippen LogP contribution in [0.3, 0.4) is 0 Å². The summed E-state index contributed by atoms with van der Waals surface area (Å²) in [6.45, 7) is 3.14. The lowest BCUT2D eigenvalue weighted by Crippen LogP contribution is -2.42. The third kappa shape index (κ3) is 4.10. The molecule has 1 unspecified atom stereocenters. The average molecular weight is 318 g/mol. The first-order valence-electron chi connectivity index (χ1n) is 7.64. The number of benzene rings is 1. The number of carbonyl (C=O) groups excluding carboxylic acids is 1. The first kappa shape index (κ1) is 17.0. The highest BCUT2D eigenvalue weighted by atomic mass is 16.5. The first-order valence-corrected chi connectivity index (χ1v) is 7.64. The minimum atomic E-state index is -1.05. The molecule has 0 radical (unpaired) electrons. The molecule has 0 aliphatic heterocycles. The summed E-state index contributed by atoms with van der Waals surface area (Å²) in [5.74, 6) is -1.35. The van der Waals surface area contributed by atoms with Crippen molar-refractivity contribution < 1.29 is 19.4 Å². The van der Waals surface area contributed by atoms with E-state index in [-0.39, 0.29) is 25.4 Å². The van der Waals surface area contributed by atoms with Crippen LogP contribution in [0.5, 0.6) is 0 Å². The number of nitrogens with one attached hydrogen (secondary N) is 1. The van der Waals surface area contributed by atoms with Crippen LogP contribution in [0.4, 0.5) is 0 Å². The molecule has 124 valence electrons. The molecule has 0 bridgehead atoms. The zero-order valence-electron chi connectivity index (χ0n) is 13.4. The Morgan fingerprint density at radius 1 is 1.35 bits per heavy atom. The maximum Gasteiger partial charge on any atom is 0.326 e. The lowest BCUT2D eigenvalue weighted by molar-refractivity contribution is -0.142. The molecule has 6 heteroatoms. The smallest absolute Gasteiger partial charge is 0.326 e. The molecule has 2 N–H and O–H groups in total. The quantitative estimate of drug-likeness (QED) is 0.778. The molecule has 2 aromatic rings. The van der Waals surface area contributed by atoms with Crippen LogP contribution in [-0.4, -0.2) is 41.3 Å². The van der Waals surface area contributed by atoms with Gasteiger partial charge in [0.05, 0.1) is 6.42 Å². The van der Waals surface area contributed by atoms with Gasteiger partial charge < -0.3 is 19.7 Å². The SMILES string of the molecule is CCn1cc(CC(=O)NC(CCOC)C(=O)O)c2ccccc21. The zero-order valence-corrected chi connectivity index (χ0v) is 13.4. The molecule has 1 amide bonds. The van der Waals surface area contributed by atoms with E-state index in [2.05, 4.69) is 9.88 Å². The fourth-order valence-corrected chi connectivity index (χ4v) is 2.64. The second kappa shape index (κ2) is 7.78. The van der Waals surface area contributed by atoms with Crippen molar-refractivity contribution in [2.45, 2.75) is 32.4 Å². The van der Waals surface area contributed by atoms with Crippen molar-refractivity contribution in [3.05, 3.63) is 36.0 Å². The fraction of sp³-hybridized carbons (Fsp3) is 0.412. The summed E-state index contributed by atoms with van der Waals surface area (Å²) < 4.78 is 6.96. The molecule has 1 aromatic heterocycles. The number of fused-ring (bicyclic) bond motifs is 1. The molecule has 23 heavy (non-hydrogen) atoms. The molecule has 1 atom stereocenters. The Labute approximate surface area is 135 Å². The number of rotatable bonds is 8. The number of amides is 1. The number of hydrogen-bond acceptors (Lipinski definition) is 3. The summed E-state index contributed by atoms with van der Waals surface area (Å²) in [5, 5.41) is 12.7. The number of hydrogen-bond donors (Lipinski definition) is 2. The summed E-state index contributed by atoms with van der Waals surface area (Å²) >= 11 is 0. The number of nitrogens with zero attached hydrogens (tertiary/aromatic N) is 1. The van der Waals surface area contributed by atoms with Gasteiger partial charge in [-0.1, -0.05) is 18.2 Å². The van der Waals surface area contributed by atoms with E-state index in [4.69, 9.17) is 9.84 Å². The van der Waals surface area contributed by atoms with Gasteiger partial charge in [0.25, 0.3) is 0 Å². The van der Waals surface area contributed by atoms with E-state index in [9.17, 15) is 9.59 Å². The monoisotopic (exact) mass is 318 g/mol. The summed E-state index contributed by atoms with van der Waals surface area (Å²) in [6.07, 6.45) is 2.35. The number of para-hydroxylation sites is 1. The second-order valence-electron chi connectivity index (χ2n) is 5.37. The molecule has 0 aliphatic carbocycles. The van der Waals surface area contributed by atoms with Crippen molar-refractivity contribution in [2.24, 2.45) is 0 Å². The molecule has 0 saturated carbocycles. The van der Waals surface area contributed by atoms with Gasteiger partial charge in [0.2, 0.25) is 5.91 Å². The van der Waals surface area contributed by atoms with Gasteiger partial charge in [-0.3, -0.25) is 4.79 Å². The highest BCUT2D eigenvalue weighted by Gasteiger charge is 2.20. The van der Waals surface area contributed by atoms with Crippen LogP contribution >= 0.6 is 0 Å². The van der Waals surface area contributed by atoms with Gasteiger partial charge in [0.15, 0.2) is 0 Å². The molecule has 0 fully saturated rings. The Morgan fingerprint density at radius 2 is 2.09 bits per heavy atom. The third-order valence-corrected chi connectivity index (χ3v) is 3.81. The largest absolute Gasteiger partial charge is 0.480 e. The van der Waals surface area contributed by atoms with E-state index in [1.807, 2.05) is 37.4 Å². The van der Waals surface area contributed by atoms with E-state index in [1.54, 1.807) is 0 Å². The van der Waals surface area contributed by atoms with Crippen LogP contribution < -0.4 is 5.32 Å². The second-order valence-corrected chi connectivity index (χ2v) is 5.37. The Morgan fingerprint density at radius 3 is 2.74 bits per heavy atom. The molecule has 0 aliphatic rings. The predicted octanol–water partition coefficient (Wildman–Crippen LogP) is 1.81.